The Labute approximate surface area is 200 Å². The Kier molecular flexibility index (Phi) is 9.54. The zero-order valence-electron chi connectivity index (χ0n) is 17.4. The molecule has 1 aromatic carbocycles. The summed E-state index contributed by atoms with van der Waals surface area (Å²) in [7, 11) is -1.73. The van der Waals surface area contributed by atoms with Gasteiger partial charge in [0.15, 0.2) is 5.96 Å². The van der Waals surface area contributed by atoms with Crippen LogP contribution in [0.15, 0.2) is 45.6 Å². The van der Waals surface area contributed by atoms with Crippen molar-refractivity contribution in [2.45, 2.75) is 24.2 Å². The van der Waals surface area contributed by atoms with Crippen LogP contribution in [0, 0.1) is 13.8 Å². The number of benzene rings is 1. The van der Waals surface area contributed by atoms with Gasteiger partial charge >= 0.3 is 0 Å². The van der Waals surface area contributed by atoms with E-state index in [0.29, 0.717) is 23.9 Å². The van der Waals surface area contributed by atoms with Crippen LogP contribution < -0.4 is 10.0 Å². The highest BCUT2D eigenvalue weighted by atomic mass is 127. The van der Waals surface area contributed by atoms with Crippen LogP contribution in [0.1, 0.15) is 22.1 Å². The number of nitrogens with zero attached hydrogens (tertiary/aromatic N) is 2. The van der Waals surface area contributed by atoms with E-state index in [1.54, 1.807) is 13.1 Å². The van der Waals surface area contributed by atoms with Crippen molar-refractivity contribution in [1.82, 2.24) is 14.9 Å². The predicted molar refractivity (Wildman–Crippen MR) is 132 cm³/mol. The molecule has 3 rings (SSSR count). The van der Waals surface area contributed by atoms with Crippen LogP contribution in [0.2, 0.25) is 0 Å². The van der Waals surface area contributed by atoms with Gasteiger partial charge in [0, 0.05) is 31.6 Å². The van der Waals surface area contributed by atoms with Gasteiger partial charge in [0.1, 0.15) is 10.3 Å². The smallest absolute Gasteiger partial charge is 0.250 e. The van der Waals surface area contributed by atoms with Crippen LogP contribution in [0.3, 0.4) is 0 Å². The van der Waals surface area contributed by atoms with E-state index in [1.807, 2.05) is 25.1 Å². The summed E-state index contributed by atoms with van der Waals surface area (Å²) in [5.74, 6) is 0.748. The number of aryl methyl sites for hydroxylation is 2. The first kappa shape index (κ1) is 25.1. The minimum atomic E-state index is -3.46. The summed E-state index contributed by atoms with van der Waals surface area (Å²) in [6.07, 6.45) is -0.0101. The average molecular weight is 565 g/mol. The molecular formula is C20H29IN4O3S2. The van der Waals surface area contributed by atoms with Crippen molar-refractivity contribution < 1.29 is 13.2 Å². The van der Waals surface area contributed by atoms with E-state index in [9.17, 15) is 8.42 Å². The highest BCUT2D eigenvalue weighted by Gasteiger charge is 2.25. The monoisotopic (exact) mass is 564 g/mol. The number of thiophene rings is 1. The Balaban J connectivity index is 0.00000320. The second-order valence-electron chi connectivity index (χ2n) is 6.90. The topological polar surface area (TPSA) is 83.0 Å². The number of nitrogens with one attached hydrogen (secondary N) is 2. The molecule has 10 heteroatoms. The molecule has 1 atom stereocenters. The van der Waals surface area contributed by atoms with E-state index >= 15 is 0 Å². The Morgan fingerprint density at radius 3 is 2.67 bits per heavy atom. The maximum absolute atomic E-state index is 12.3. The van der Waals surface area contributed by atoms with Crippen LogP contribution in [0.4, 0.5) is 0 Å². The highest BCUT2D eigenvalue weighted by molar-refractivity contribution is 14.0. The molecule has 1 unspecified atom stereocenters. The molecule has 30 heavy (non-hydrogen) atoms. The van der Waals surface area contributed by atoms with E-state index < -0.39 is 10.0 Å². The van der Waals surface area contributed by atoms with E-state index in [4.69, 9.17) is 4.74 Å². The second-order valence-corrected chi connectivity index (χ2v) is 10.2. The molecule has 0 bridgehead atoms. The van der Waals surface area contributed by atoms with Crippen molar-refractivity contribution in [1.29, 1.82) is 0 Å². The number of hydrogen-bond acceptors (Lipinski definition) is 5. The molecule has 1 aromatic heterocycles. The largest absolute Gasteiger partial charge is 0.370 e. The number of aliphatic imine (C=N–C) groups is 1. The summed E-state index contributed by atoms with van der Waals surface area (Å²) in [4.78, 5) is 7.48. The van der Waals surface area contributed by atoms with Crippen molar-refractivity contribution in [3.63, 3.8) is 0 Å². The fraction of sp³-hybridized carbons (Fsp3) is 0.450. The van der Waals surface area contributed by atoms with E-state index in [1.165, 1.54) is 22.5 Å². The van der Waals surface area contributed by atoms with Gasteiger partial charge in [-0.1, -0.05) is 24.3 Å². The molecule has 1 fully saturated rings. The molecule has 166 valence electrons. The Morgan fingerprint density at radius 1 is 1.23 bits per heavy atom. The summed E-state index contributed by atoms with van der Waals surface area (Å²) in [6, 6.07) is 11.7. The fourth-order valence-corrected chi connectivity index (χ4v) is 5.66. The lowest BCUT2D eigenvalue weighted by atomic mass is 10.0. The molecule has 0 aliphatic carbocycles. The maximum atomic E-state index is 12.3. The maximum Gasteiger partial charge on any atom is 0.250 e. The third-order valence-electron chi connectivity index (χ3n) is 4.79. The van der Waals surface area contributed by atoms with Gasteiger partial charge < -0.3 is 15.0 Å². The Morgan fingerprint density at radius 2 is 2.00 bits per heavy atom. The molecule has 2 N–H and O–H groups in total. The number of rotatable bonds is 6. The number of ether oxygens (including phenoxy) is 1. The molecule has 0 radical (unpaired) electrons. The number of sulfonamides is 1. The minimum absolute atomic E-state index is 0. The lowest BCUT2D eigenvalue weighted by Gasteiger charge is -2.35. The number of morpholine rings is 1. The summed E-state index contributed by atoms with van der Waals surface area (Å²) in [5, 5.41) is 3.25. The zero-order chi connectivity index (χ0) is 20.9. The third-order valence-corrected chi connectivity index (χ3v) is 7.75. The van der Waals surface area contributed by atoms with Crippen LogP contribution in [0.25, 0.3) is 0 Å². The third kappa shape index (κ3) is 6.39. The summed E-state index contributed by atoms with van der Waals surface area (Å²) in [6.45, 7) is 6.76. The highest BCUT2D eigenvalue weighted by Crippen LogP contribution is 2.25. The first-order valence-corrected chi connectivity index (χ1v) is 11.9. The van der Waals surface area contributed by atoms with Crippen LogP contribution in [0.5, 0.6) is 0 Å². The van der Waals surface area contributed by atoms with Crippen molar-refractivity contribution in [2.75, 3.05) is 39.8 Å². The minimum Gasteiger partial charge on any atom is -0.370 e. The Bertz CT molecular complexity index is 962. The van der Waals surface area contributed by atoms with E-state index in [-0.39, 0.29) is 36.6 Å². The Hall–Kier alpha value is -1.21. The number of guanidine groups is 1. The van der Waals surface area contributed by atoms with E-state index in [0.717, 1.165) is 17.4 Å². The average Bonchev–Trinajstić information content (AvgIpc) is 3.16. The van der Waals surface area contributed by atoms with E-state index in [2.05, 4.69) is 39.0 Å². The molecule has 0 spiro atoms. The molecule has 2 aromatic rings. The van der Waals surface area contributed by atoms with Gasteiger partial charge in [-0.25, -0.2) is 13.1 Å². The van der Waals surface area contributed by atoms with Crippen molar-refractivity contribution in [2.24, 2.45) is 4.99 Å². The molecule has 0 saturated carbocycles. The first-order valence-electron chi connectivity index (χ1n) is 9.59. The summed E-state index contributed by atoms with van der Waals surface area (Å²) >= 11 is 1.27. The standard InChI is InChI=1S/C20H28N4O3S2.HI/c1-15-6-4-5-7-17(15)18-14-24(12-13-27-18)20(21-3)22-10-11-23-29(25,26)19-9-8-16(2)28-19;/h4-9,18,23H,10-14H2,1-3H3,(H,21,22);1H. The van der Waals surface area contributed by atoms with Crippen molar-refractivity contribution in [3.8, 4) is 0 Å². The van der Waals surface area contributed by atoms with Crippen LogP contribution >= 0.6 is 35.3 Å². The van der Waals surface area contributed by atoms with Gasteiger partial charge in [0.25, 0.3) is 0 Å². The molecule has 1 saturated heterocycles. The van der Waals surface area contributed by atoms with Gasteiger partial charge in [-0.2, -0.15) is 0 Å². The molecule has 1 aliphatic heterocycles. The second kappa shape index (κ2) is 11.4. The normalized spacial score (nSPS) is 17.5. The van der Waals surface area contributed by atoms with Gasteiger partial charge in [-0.15, -0.1) is 35.3 Å². The fourth-order valence-electron chi connectivity index (χ4n) is 3.30. The number of hydrogen-bond donors (Lipinski definition) is 2. The molecule has 1 aliphatic rings. The van der Waals surface area contributed by atoms with Gasteiger partial charge in [0.2, 0.25) is 10.0 Å². The van der Waals surface area contributed by atoms with Crippen molar-refractivity contribution in [3.05, 3.63) is 52.4 Å². The van der Waals surface area contributed by atoms with Gasteiger partial charge in [-0.3, -0.25) is 4.99 Å². The van der Waals surface area contributed by atoms with Crippen molar-refractivity contribution >= 4 is 51.3 Å². The molecule has 0 amide bonds. The summed E-state index contributed by atoms with van der Waals surface area (Å²) < 4.78 is 33.6. The SMILES string of the molecule is CN=C(NCCNS(=O)(=O)c1ccc(C)s1)N1CCOC(c2ccccc2C)C1.I. The van der Waals surface area contributed by atoms with Gasteiger partial charge in [0.05, 0.1) is 13.2 Å². The summed E-state index contributed by atoms with van der Waals surface area (Å²) in [5.41, 5.74) is 2.40. The molecule has 2 heterocycles. The lowest BCUT2D eigenvalue weighted by Crippen LogP contribution is -2.49. The predicted octanol–water partition coefficient (Wildman–Crippen LogP) is 2.91. The molecule has 7 nitrogen and oxygen atoms in total. The van der Waals surface area contributed by atoms with Crippen LogP contribution in [-0.2, 0) is 14.8 Å². The zero-order valence-corrected chi connectivity index (χ0v) is 21.4. The first-order chi connectivity index (χ1) is 13.9. The van der Waals surface area contributed by atoms with Crippen LogP contribution in [-0.4, -0.2) is 59.1 Å². The lowest BCUT2D eigenvalue weighted by molar-refractivity contribution is -0.00828. The number of halogens is 1. The van der Waals surface area contributed by atoms with Gasteiger partial charge in [-0.05, 0) is 37.1 Å². The molecular weight excluding hydrogens is 535 g/mol. The quantitative estimate of drug-likeness (QED) is 0.244.